The molecule has 1 fully saturated rings. The number of benzene rings is 2. The zero-order valence-electron chi connectivity index (χ0n) is 11.7. The molecule has 21 heavy (non-hydrogen) atoms. The van der Waals surface area contributed by atoms with Gasteiger partial charge in [0.2, 0.25) is 0 Å². The third kappa shape index (κ3) is 3.24. The fourth-order valence-corrected chi connectivity index (χ4v) is 2.83. The molecule has 1 saturated heterocycles. The van der Waals surface area contributed by atoms with Gasteiger partial charge < -0.3 is 4.74 Å². The highest BCUT2D eigenvalue weighted by atomic mass is 16.5. The molecule has 0 amide bonds. The summed E-state index contributed by atoms with van der Waals surface area (Å²) in [4.78, 5) is 2.99. The van der Waals surface area contributed by atoms with E-state index in [1.165, 1.54) is 0 Å². The Bertz CT molecular complexity index is 575. The highest BCUT2D eigenvalue weighted by Gasteiger charge is 2.30. The molecule has 0 aliphatic carbocycles. The maximum atomic E-state index is 8.75. The van der Waals surface area contributed by atoms with Crippen molar-refractivity contribution in [1.82, 2.24) is 0 Å². The van der Waals surface area contributed by atoms with Crippen molar-refractivity contribution in [3.05, 3.63) is 82.2 Å². The van der Waals surface area contributed by atoms with Gasteiger partial charge in [-0.15, -0.1) is 0 Å². The molecule has 0 saturated carbocycles. The Kier molecular flexibility index (Phi) is 4.20. The number of ether oxygens (including phenoxy) is 1. The van der Waals surface area contributed by atoms with Crippen LogP contribution < -0.4 is 0 Å². The Morgan fingerprint density at radius 1 is 0.857 bits per heavy atom. The molecular formula is C17H17N3O. The summed E-state index contributed by atoms with van der Waals surface area (Å²) in [6.07, 6.45) is 1.41. The van der Waals surface area contributed by atoms with Crippen LogP contribution in [0.3, 0.4) is 0 Å². The maximum Gasteiger partial charge on any atom is 0.0837 e. The van der Waals surface area contributed by atoms with E-state index in [0.717, 1.165) is 24.0 Å². The standard InChI is InChI=1S/C17H17N3O/c18-20-19-15-11-16(13-7-3-1-4-8-13)21-17(12-15)14-9-5-2-6-10-14/h1-10,15-17H,11-12H2/t15?,16-,17+. The van der Waals surface area contributed by atoms with E-state index in [4.69, 9.17) is 10.3 Å². The summed E-state index contributed by atoms with van der Waals surface area (Å²) in [6.45, 7) is 0. The van der Waals surface area contributed by atoms with Crippen molar-refractivity contribution in [3.8, 4) is 0 Å². The molecule has 4 heteroatoms. The normalized spacial score (nSPS) is 25.0. The second-order valence-corrected chi connectivity index (χ2v) is 5.26. The summed E-state index contributed by atoms with van der Waals surface area (Å²) in [6, 6.07) is 20.2. The van der Waals surface area contributed by atoms with E-state index in [-0.39, 0.29) is 18.2 Å². The predicted octanol–water partition coefficient (Wildman–Crippen LogP) is 4.96. The zero-order valence-corrected chi connectivity index (χ0v) is 11.7. The molecule has 1 aliphatic heterocycles. The monoisotopic (exact) mass is 279 g/mol. The van der Waals surface area contributed by atoms with Crippen molar-refractivity contribution >= 4 is 0 Å². The van der Waals surface area contributed by atoms with Crippen LogP contribution in [-0.2, 0) is 4.74 Å². The molecular weight excluding hydrogens is 262 g/mol. The Hall–Kier alpha value is -2.29. The van der Waals surface area contributed by atoms with Crippen molar-refractivity contribution in [2.75, 3.05) is 0 Å². The summed E-state index contributed by atoms with van der Waals surface area (Å²) in [5.74, 6) is 0. The quantitative estimate of drug-likeness (QED) is 0.445. The molecule has 1 unspecified atom stereocenters. The molecule has 0 spiro atoms. The van der Waals surface area contributed by atoms with E-state index in [1.807, 2.05) is 36.4 Å². The van der Waals surface area contributed by atoms with Gasteiger partial charge in [-0.2, -0.15) is 0 Å². The van der Waals surface area contributed by atoms with Crippen LogP contribution in [-0.4, -0.2) is 6.04 Å². The van der Waals surface area contributed by atoms with E-state index < -0.39 is 0 Å². The third-order valence-corrected chi connectivity index (χ3v) is 3.86. The van der Waals surface area contributed by atoms with E-state index in [1.54, 1.807) is 0 Å². The lowest BCUT2D eigenvalue weighted by Crippen LogP contribution is -2.25. The molecule has 2 aromatic carbocycles. The molecule has 3 atom stereocenters. The molecule has 0 N–H and O–H groups in total. The minimum absolute atomic E-state index is 0.0272. The first-order chi connectivity index (χ1) is 10.4. The smallest absolute Gasteiger partial charge is 0.0837 e. The Morgan fingerprint density at radius 2 is 1.33 bits per heavy atom. The van der Waals surface area contributed by atoms with Crippen LogP contribution >= 0.6 is 0 Å². The van der Waals surface area contributed by atoms with Crippen molar-refractivity contribution in [2.45, 2.75) is 31.1 Å². The highest BCUT2D eigenvalue weighted by molar-refractivity contribution is 5.22. The summed E-state index contributed by atoms with van der Waals surface area (Å²) in [5.41, 5.74) is 11.0. The molecule has 0 radical (unpaired) electrons. The molecule has 1 aliphatic rings. The number of hydrogen-bond donors (Lipinski definition) is 0. The molecule has 4 nitrogen and oxygen atoms in total. The molecule has 0 aromatic heterocycles. The topological polar surface area (TPSA) is 58.0 Å². The van der Waals surface area contributed by atoms with Crippen LogP contribution in [0.15, 0.2) is 65.8 Å². The summed E-state index contributed by atoms with van der Waals surface area (Å²) in [7, 11) is 0. The minimum Gasteiger partial charge on any atom is -0.366 e. The van der Waals surface area contributed by atoms with Crippen molar-refractivity contribution in [3.63, 3.8) is 0 Å². The molecule has 1 heterocycles. The molecule has 106 valence electrons. The Balaban J connectivity index is 1.87. The van der Waals surface area contributed by atoms with Crippen LogP contribution in [0.2, 0.25) is 0 Å². The first-order valence-corrected chi connectivity index (χ1v) is 7.16. The fraction of sp³-hybridized carbons (Fsp3) is 0.294. The molecule has 0 bridgehead atoms. The van der Waals surface area contributed by atoms with Crippen LogP contribution in [0, 0.1) is 0 Å². The largest absolute Gasteiger partial charge is 0.366 e. The van der Waals surface area contributed by atoms with Crippen molar-refractivity contribution in [1.29, 1.82) is 0 Å². The number of rotatable bonds is 3. The number of nitrogens with zero attached hydrogens (tertiary/aromatic N) is 3. The summed E-state index contributed by atoms with van der Waals surface area (Å²) < 4.78 is 6.25. The van der Waals surface area contributed by atoms with Gasteiger partial charge in [-0.3, -0.25) is 0 Å². The van der Waals surface area contributed by atoms with E-state index in [2.05, 4.69) is 34.3 Å². The van der Waals surface area contributed by atoms with Gasteiger partial charge in [0.25, 0.3) is 0 Å². The minimum atomic E-state index is -0.0286. The first-order valence-electron chi connectivity index (χ1n) is 7.16. The van der Waals surface area contributed by atoms with Crippen LogP contribution in [0.25, 0.3) is 10.4 Å². The highest BCUT2D eigenvalue weighted by Crippen LogP contribution is 2.39. The predicted molar refractivity (Wildman–Crippen MR) is 81.6 cm³/mol. The lowest BCUT2D eigenvalue weighted by Gasteiger charge is -2.34. The van der Waals surface area contributed by atoms with E-state index in [9.17, 15) is 0 Å². The summed E-state index contributed by atoms with van der Waals surface area (Å²) in [5, 5.41) is 3.94. The third-order valence-electron chi connectivity index (χ3n) is 3.86. The molecule has 3 rings (SSSR count). The fourth-order valence-electron chi connectivity index (χ4n) is 2.83. The SMILES string of the molecule is [N-]=[N+]=NC1C[C@@H](c2ccccc2)O[C@@H](c2ccccc2)C1. The van der Waals surface area contributed by atoms with Gasteiger partial charge in [-0.05, 0) is 29.5 Å². The maximum absolute atomic E-state index is 8.75. The average Bonchev–Trinajstić information content (AvgIpc) is 2.56. The van der Waals surface area contributed by atoms with Gasteiger partial charge in [0, 0.05) is 11.0 Å². The van der Waals surface area contributed by atoms with Crippen LogP contribution in [0.5, 0.6) is 0 Å². The van der Waals surface area contributed by atoms with Crippen molar-refractivity contribution in [2.24, 2.45) is 5.11 Å². The van der Waals surface area contributed by atoms with Crippen molar-refractivity contribution < 1.29 is 4.74 Å². The number of hydrogen-bond acceptors (Lipinski definition) is 2. The second-order valence-electron chi connectivity index (χ2n) is 5.26. The first kappa shape index (κ1) is 13.7. The van der Waals surface area contributed by atoms with Gasteiger partial charge in [-0.25, -0.2) is 0 Å². The lowest BCUT2D eigenvalue weighted by molar-refractivity contribution is -0.0604. The zero-order chi connectivity index (χ0) is 14.5. The lowest BCUT2D eigenvalue weighted by atomic mass is 9.92. The molecule has 2 aromatic rings. The van der Waals surface area contributed by atoms with E-state index in [0.29, 0.717) is 0 Å². The van der Waals surface area contributed by atoms with Gasteiger partial charge in [0.15, 0.2) is 0 Å². The second kappa shape index (κ2) is 6.44. The van der Waals surface area contributed by atoms with Crippen LogP contribution in [0.4, 0.5) is 0 Å². The Labute approximate surface area is 124 Å². The van der Waals surface area contributed by atoms with Gasteiger partial charge in [0.05, 0.1) is 12.2 Å². The van der Waals surface area contributed by atoms with Gasteiger partial charge in [-0.1, -0.05) is 65.8 Å². The number of azide groups is 1. The van der Waals surface area contributed by atoms with E-state index >= 15 is 0 Å². The van der Waals surface area contributed by atoms with Gasteiger partial charge >= 0.3 is 0 Å². The Morgan fingerprint density at radius 3 is 1.76 bits per heavy atom. The van der Waals surface area contributed by atoms with Crippen LogP contribution in [0.1, 0.15) is 36.2 Å². The average molecular weight is 279 g/mol. The van der Waals surface area contributed by atoms with Gasteiger partial charge in [0.1, 0.15) is 0 Å². The summed E-state index contributed by atoms with van der Waals surface area (Å²) >= 11 is 0.